The number of methoxy groups -OCH3 is 1. The lowest BCUT2D eigenvalue weighted by molar-refractivity contribution is -0.123. The van der Waals surface area contributed by atoms with Crippen molar-refractivity contribution in [2.75, 3.05) is 7.11 Å². The lowest BCUT2D eigenvalue weighted by atomic mass is 10.3. The van der Waals surface area contributed by atoms with Crippen LogP contribution in [-0.4, -0.2) is 33.7 Å². The zero-order valence-electron chi connectivity index (χ0n) is 15.4. The van der Waals surface area contributed by atoms with Gasteiger partial charge in [0.1, 0.15) is 5.76 Å². The Morgan fingerprint density at radius 3 is 2.66 bits per heavy atom. The van der Waals surface area contributed by atoms with E-state index in [1.54, 1.807) is 12.1 Å². The molecule has 0 bridgehead atoms. The summed E-state index contributed by atoms with van der Waals surface area (Å²) in [5, 5.41) is -0.393. The van der Waals surface area contributed by atoms with Gasteiger partial charge in [0.2, 0.25) is 5.76 Å². The van der Waals surface area contributed by atoms with Crippen molar-refractivity contribution in [3.8, 4) is 5.69 Å². The summed E-state index contributed by atoms with van der Waals surface area (Å²) in [6.07, 6.45) is 3.59. The van der Waals surface area contributed by atoms with Crippen molar-refractivity contribution in [2.24, 2.45) is 0 Å². The number of carbonyl (C=O) groups excluding carboxylic acids is 3. The van der Waals surface area contributed by atoms with E-state index in [-0.39, 0.29) is 12.3 Å². The van der Waals surface area contributed by atoms with E-state index in [2.05, 4.69) is 4.74 Å². The highest BCUT2D eigenvalue weighted by Gasteiger charge is 2.36. The Kier molecular flexibility index (Phi) is 5.09. The highest BCUT2D eigenvalue weighted by atomic mass is 32.2. The molecular formula is C21H16N2O5S. The number of benzene rings is 1. The maximum atomic E-state index is 12.8. The Hall–Kier alpha value is -3.52. The zero-order chi connectivity index (χ0) is 20.4. The number of ether oxygens (including phenoxy) is 1. The van der Waals surface area contributed by atoms with Crippen LogP contribution >= 0.6 is 11.8 Å². The van der Waals surface area contributed by atoms with Gasteiger partial charge in [0.05, 0.1) is 18.6 Å². The molecule has 3 aromatic rings. The lowest BCUT2D eigenvalue weighted by Crippen LogP contribution is -2.27. The smallest absolute Gasteiger partial charge is 0.373 e. The molecule has 29 heavy (non-hydrogen) atoms. The summed E-state index contributed by atoms with van der Waals surface area (Å²) < 4.78 is 11.9. The van der Waals surface area contributed by atoms with Crippen molar-refractivity contribution in [1.82, 2.24) is 9.47 Å². The molecule has 2 aromatic heterocycles. The highest BCUT2D eigenvalue weighted by molar-refractivity contribution is 8.18. The number of nitrogens with zero attached hydrogens (tertiary/aromatic N) is 2. The summed E-state index contributed by atoms with van der Waals surface area (Å²) in [6, 6.07) is 16.4. The van der Waals surface area contributed by atoms with Crippen molar-refractivity contribution in [3.05, 3.63) is 82.9 Å². The van der Waals surface area contributed by atoms with Gasteiger partial charge in [0.25, 0.3) is 11.1 Å². The van der Waals surface area contributed by atoms with E-state index >= 15 is 0 Å². The van der Waals surface area contributed by atoms with Gasteiger partial charge in [0.15, 0.2) is 0 Å². The molecule has 0 aliphatic carbocycles. The molecular weight excluding hydrogens is 392 g/mol. The first-order chi connectivity index (χ1) is 14.1. The van der Waals surface area contributed by atoms with Crippen LogP contribution in [0.5, 0.6) is 0 Å². The Bertz CT molecular complexity index is 1110. The fourth-order valence-electron chi connectivity index (χ4n) is 2.94. The molecule has 1 aliphatic heterocycles. The number of carbonyl (C=O) groups is 3. The minimum absolute atomic E-state index is 0.0192. The second-order valence-electron chi connectivity index (χ2n) is 6.16. The Morgan fingerprint density at radius 2 is 1.90 bits per heavy atom. The molecule has 3 heterocycles. The first kappa shape index (κ1) is 18.8. The SMILES string of the molecule is COC(=O)c1ccc(CN2C(=O)S/C(=C/c3cccn3-c3ccccc3)C2=O)o1. The maximum Gasteiger partial charge on any atom is 0.373 e. The second-order valence-corrected chi connectivity index (χ2v) is 7.16. The van der Waals surface area contributed by atoms with E-state index in [0.29, 0.717) is 10.7 Å². The number of aromatic nitrogens is 1. The molecule has 1 saturated heterocycles. The van der Waals surface area contributed by atoms with Crippen molar-refractivity contribution in [3.63, 3.8) is 0 Å². The van der Waals surface area contributed by atoms with Gasteiger partial charge in [0, 0.05) is 17.6 Å². The van der Waals surface area contributed by atoms with Gasteiger partial charge >= 0.3 is 5.97 Å². The molecule has 0 saturated carbocycles. The quantitative estimate of drug-likeness (QED) is 0.467. The molecule has 146 valence electrons. The van der Waals surface area contributed by atoms with Crippen LogP contribution in [0.1, 0.15) is 22.0 Å². The number of amides is 2. The number of furan rings is 1. The van der Waals surface area contributed by atoms with Crippen molar-refractivity contribution in [2.45, 2.75) is 6.54 Å². The van der Waals surface area contributed by atoms with Gasteiger partial charge in [-0.2, -0.15) is 0 Å². The molecule has 8 heteroatoms. The van der Waals surface area contributed by atoms with Gasteiger partial charge in [-0.1, -0.05) is 18.2 Å². The van der Waals surface area contributed by atoms with E-state index in [9.17, 15) is 14.4 Å². The van der Waals surface area contributed by atoms with Crippen LogP contribution in [0.15, 0.2) is 70.1 Å². The van der Waals surface area contributed by atoms with E-state index in [1.807, 2.05) is 53.2 Å². The fraction of sp³-hybridized carbons (Fsp3) is 0.0952. The fourth-order valence-corrected chi connectivity index (χ4v) is 3.76. The number of imide groups is 1. The van der Waals surface area contributed by atoms with Crippen molar-refractivity contribution >= 4 is 35.0 Å². The predicted molar refractivity (Wildman–Crippen MR) is 107 cm³/mol. The average molecular weight is 408 g/mol. The van der Waals surface area contributed by atoms with Crippen molar-refractivity contribution in [1.29, 1.82) is 0 Å². The number of hydrogen-bond donors (Lipinski definition) is 0. The van der Waals surface area contributed by atoms with Gasteiger partial charge in [-0.3, -0.25) is 14.5 Å². The van der Waals surface area contributed by atoms with Crippen LogP contribution in [-0.2, 0) is 16.1 Å². The molecule has 1 aliphatic rings. The highest BCUT2D eigenvalue weighted by Crippen LogP contribution is 2.34. The third-order valence-corrected chi connectivity index (χ3v) is 5.24. The minimum atomic E-state index is -0.619. The molecule has 1 fully saturated rings. The molecule has 0 atom stereocenters. The summed E-state index contributed by atoms with van der Waals surface area (Å²) >= 11 is 0.873. The summed E-state index contributed by atoms with van der Waals surface area (Å²) in [5.41, 5.74) is 1.74. The van der Waals surface area contributed by atoms with E-state index in [1.165, 1.54) is 13.2 Å². The normalized spacial score (nSPS) is 15.3. The maximum absolute atomic E-state index is 12.8. The topological polar surface area (TPSA) is 81.8 Å². The third kappa shape index (κ3) is 3.74. The Labute approximate surface area is 170 Å². The van der Waals surface area contributed by atoms with Crippen molar-refractivity contribution < 1.29 is 23.5 Å². The third-order valence-electron chi connectivity index (χ3n) is 4.33. The number of para-hydroxylation sites is 1. The van der Waals surface area contributed by atoms with Crippen LogP contribution in [0, 0.1) is 0 Å². The average Bonchev–Trinajstić information content (AvgIpc) is 3.45. The number of rotatable bonds is 5. The van der Waals surface area contributed by atoms with Gasteiger partial charge < -0.3 is 13.7 Å². The molecule has 0 N–H and O–H groups in total. The monoisotopic (exact) mass is 408 g/mol. The summed E-state index contributed by atoms with van der Waals surface area (Å²) in [4.78, 5) is 38.0. The van der Waals surface area contributed by atoms with Gasteiger partial charge in [-0.15, -0.1) is 0 Å². The van der Waals surface area contributed by atoms with Crippen LogP contribution in [0.4, 0.5) is 4.79 Å². The predicted octanol–water partition coefficient (Wildman–Crippen LogP) is 4.09. The molecule has 4 rings (SSSR count). The van der Waals surface area contributed by atoms with Crippen LogP contribution in [0.2, 0.25) is 0 Å². The molecule has 1 aromatic carbocycles. The standard InChI is InChI=1S/C21H16N2O5S/c1-27-20(25)17-10-9-16(28-17)13-23-19(24)18(29-21(23)26)12-15-8-5-11-22(15)14-6-3-2-4-7-14/h2-12H,13H2,1H3/b18-12+. The van der Waals surface area contributed by atoms with Crippen LogP contribution in [0.3, 0.4) is 0 Å². The van der Waals surface area contributed by atoms with Gasteiger partial charge in [-0.05, 0) is 54.2 Å². The summed E-state index contributed by atoms with van der Waals surface area (Å²) in [5.74, 6) is -0.684. The zero-order valence-corrected chi connectivity index (χ0v) is 16.2. The molecule has 0 spiro atoms. The second kappa shape index (κ2) is 7.84. The summed E-state index contributed by atoms with van der Waals surface area (Å²) in [7, 11) is 1.25. The first-order valence-corrected chi connectivity index (χ1v) is 9.53. The summed E-state index contributed by atoms with van der Waals surface area (Å²) in [6.45, 7) is -0.0568. The van der Waals surface area contributed by atoms with Crippen LogP contribution in [0.25, 0.3) is 11.8 Å². The molecule has 0 unspecified atom stereocenters. The Morgan fingerprint density at radius 1 is 1.10 bits per heavy atom. The minimum Gasteiger partial charge on any atom is -0.463 e. The molecule has 7 nitrogen and oxygen atoms in total. The van der Waals surface area contributed by atoms with E-state index in [4.69, 9.17) is 4.42 Å². The Balaban J connectivity index is 1.55. The van der Waals surface area contributed by atoms with Crippen LogP contribution < -0.4 is 0 Å². The first-order valence-electron chi connectivity index (χ1n) is 8.72. The number of esters is 1. The lowest BCUT2D eigenvalue weighted by Gasteiger charge is -2.10. The number of hydrogen-bond acceptors (Lipinski definition) is 6. The number of thioether (sulfide) groups is 1. The molecule has 2 amide bonds. The molecule has 0 radical (unpaired) electrons. The largest absolute Gasteiger partial charge is 0.463 e. The van der Waals surface area contributed by atoms with E-state index < -0.39 is 17.1 Å². The van der Waals surface area contributed by atoms with E-state index in [0.717, 1.165) is 28.0 Å². The van der Waals surface area contributed by atoms with Gasteiger partial charge in [-0.25, -0.2) is 4.79 Å².